The fourth-order valence-corrected chi connectivity index (χ4v) is 4.41. The maximum absolute atomic E-state index is 12.9. The average Bonchev–Trinajstić information content (AvgIpc) is 2.91. The highest BCUT2D eigenvalue weighted by Gasteiger charge is 2.60. The number of piperidine rings is 1. The lowest BCUT2D eigenvalue weighted by Crippen LogP contribution is -2.49. The van der Waals surface area contributed by atoms with E-state index in [1.54, 1.807) is 11.3 Å². The van der Waals surface area contributed by atoms with E-state index in [0.29, 0.717) is 11.9 Å². The molecule has 1 amide bonds. The molecular formula is C15H21N3OS. The summed E-state index contributed by atoms with van der Waals surface area (Å²) in [7, 11) is 2.16. The lowest BCUT2D eigenvalue weighted by Gasteiger charge is -2.38. The third-order valence-corrected chi connectivity index (χ3v) is 5.82. The van der Waals surface area contributed by atoms with Crippen LogP contribution in [0.4, 0.5) is 0 Å². The predicted octanol–water partition coefficient (Wildman–Crippen LogP) is 1.81. The molecule has 0 radical (unpaired) electrons. The maximum Gasteiger partial charge on any atom is 0.244 e. The van der Waals surface area contributed by atoms with E-state index in [1.807, 2.05) is 0 Å². The molecule has 108 valence electrons. The minimum Gasteiger partial charge on any atom is -0.316 e. The number of carbonyl (C=O) groups excluding carboxylic acids is 1. The van der Waals surface area contributed by atoms with Crippen LogP contribution in [-0.2, 0) is 4.79 Å². The van der Waals surface area contributed by atoms with E-state index >= 15 is 0 Å². The van der Waals surface area contributed by atoms with Crippen LogP contribution in [0, 0.1) is 0 Å². The molecular weight excluding hydrogens is 270 g/mol. The van der Waals surface area contributed by atoms with Crippen molar-refractivity contribution in [3.8, 4) is 0 Å². The van der Waals surface area contributed by atoms with Crippen molar-refractivity contribution < 1.29 is 4.79 Å². The van der Waals surface area contributed by atoms with Gasteiger partial charge in [0.1, 0.15) is 11.7 Å². The van der Waals surface area contributed by atoms with Crippen molar-refractivity contribution >= 4 is 17.2 Å². The van der Waals surface area contributed by atoms with Gasteiger partial charge in [0.25, 0.3) is 0 Å². The lowest BCUT2D eigenvalue weighted by atomic mass is 10.0. The summed E-state index contributed by atoms with van der Waals surface area (Å²) in [5.41, 5.74) is -0.218. The van der Waals surface area contributed by atoms with Crippen molar-refractivity contribution in [2.45, 2.75) is 43.4 Å². The fraction of sp³-hybridized carbons (Fsp3) is 0.667. The Bertz CT molecular complexity index is 511. The molecule has 3 aliphatic rings. The Balaban J connectivity index is 1.65. The zero-order valence-corrected chi connectivity index (χ0v) is 12.7. The smallest absolute Gasteiger partial charge is 0.244 e. The summed E-state index contributed by atoms with van der Waals surface area (Å²) in [5.74, 6) is 0.344. The van der Waals surface area contributed by atoms with Gasteiger partial charge in [0.05, 0.1) is 0 Å². The van der Waals surface area contributed by atoms with Gasteiger partial charge in [-0.3, -0.25) is 10.1 Å². The number of nitrogens with one attached hydrogen (secondary N) is 1. The van der Waals surface area contributed by atoms with Crippen LogP contribution in [0.1, 0.15) is 36.7 Å². The van der Waals surface area contributed by atoms with Gasteiger partial charge in [0.15, 0.2) is 0 Å². The Morgan fingerprint density at radius 1 is 1.45 bits per heavy atom. The lowest BCUT2D eigenvalue weighted by molar-refractivity contribution is -0.134. The zero-order chi connectivity index (χ0) is 13.7. The summed E-state index contributed by atoms with van der Waals surface area (Å²) < 4.78 is 0. The first kappa shape index (κ1) is 12.8. The molecule has 1 spiro atoms. The van der Waals surface area contributed by atoms with Crippen LogP contribution < -0.4 is 5.32 Å². The third-order valence-electron chi connectivity index (χ3n) is 4.89. The Hall–Kier alpha value is -0.910. The fourth-order valence-electron chi connectivity index (χ4n) is 3.64. The number of rotatable bonds is 2. The van der Waals surface area contributed by atoms with E-state index < -0.39 is 0 Å². The van der Waals surface area contributed by atoms with Crippen molar-refractivity contribution in [1.82, 2.24) is 15.1 Å². The molecule has 3 heterocycles. The van der Waals surface area contributed by atoms with Crippen LogP contribution in [0.3, 0.4) is 0 Å². The predicted molar refractivity (Wildman–Crippen MR) is 79.5 cm³/mol. The summed E-state index contributed by atoms with van der Waals surface area (Å²) in [6.45, 7) is 2.16. The molecule has 2 saturated heterocycles. The van der Waals surface area contributed by atoms with Gasteiger partial charge in [-0.2, -0.15) is 0 Å². The Morgan fingerprint density at radius 2 is 2.30 bits per heavy atom. The Kier molecular flexibility index (Phi) is 2.91. The highest BCUT2D eigenvalue weighted by molar-refractivity contribution is 7.10. The second kappa shape index (κ2) is 4.55. The summed E-state index contributed by atoms with van der Waals surface area (Å²) in [4.78, 5) is 18.6. The van der Waals surface area contributed by atoms with Crippen LogP contribution in [0.15, 0.2) is 17.5 Å². The molecule has 2 atom stereocenters. The number of likely N-dealkylation sites (N-methyl/N-ethyl adjacent to an activating group) is 1. The highest BCUT2D eigenvalue weighted by atomic mass is 32.1. The van der Waals surface area contributed by atoms with Crippen LogP contribution in [-0.4, -0.2) is 47.4 Å². The van der Waals surface area contributed by atoms with Crippen molar-refractivity contribution in [2.24, 2.45) is 0 Å². The number of amides is 1. The Morgan fingerprint density at radius 3 is 2.95 bits per heavy atom. The highest BCUT2D eigenvalue weighted by Crippen LogP contribution is 2.47. The van der Waals surface area contributed by atoms with Gasteiger partial charge in [-0.05, 0) is 50.7 Å². The van der Waals surface area contributed by atoms with Gasteiger partial charge in [0.2, 0.25) is 5.91 Å². The number of nitrogens with zero attached hydrogens (tertiary/aromatic N) is 2. The summed E-state index contributed by atoms with van der Waals surface area (Å²) in [6, 6.07) is 4.59. The van der Waals surface area contributed by atoms with Gasteiger partial charge < -0.3 is 9.80 Å². The average molecular weight is 291 g/mol. The third kappa shape index (κ3) is 1.91. The van der Waals surface area contributed by atoms with E-state index in [0.717, 1.165) is 32.4 Å². The second-order valence-electron chi connectivity index (χ2n) is 6.42. The quantitative estimate of drug-likeness (QED) is 0.902. The van der Waals surface area contributed by atoms with Crippen LogP contribution in [0.2, 0.25) is 0 Å². The topological polar surface area (TPSA) is 35.6 Å². The van der Waals surface area contributed by atoms with Crippen LogP contribution in [0.25, 0.3) is 0 Å². The molecule has 0 aromatic carbocycles. The van der Waals surface area contributed by atoms with Gasteiger partial charge in [0, 0.05) is 17.5 Å². The molecule has 2 unspecified atom stereocenters. The Labute approximate surface area is 123 Å². The van der Waals surface area contributed by atoms with Crippen molar-refractivity contribution in [3.63, 3.8) is 0 Å². The molecule has 4 rings (SSSR count). The maximum atomic E-state index is 12.9. The first-order valence-electron chi connectivity index (χ1n) is 7.52. The standard InChI is InChI=1S/C15H21N3OS/c1-17-8-2-4-11(10-17)18-13(12-5-3-9-20-12)16-15(6-7-15)14(18)19/h3,5,9,11,13,16H,2,4,6-8,10H2,1H3. The number of hydrogen-bond acceptors (Lipinski definition) is 4. The summed E-state index contributed by atoms with van der Waals surface area (Å²) >= 11 is 1.75. The number of likely N-dealkylation sites (tertiary alicyclic amines) is 1. The van der Waals surface area contributed by atoms with E-state index in [9.17, 15) is 4.79 Å². The molecule has 1 saturated carbocycles. The van der Waals surface area contributed by atoms with E-state index in [-0.39, 0.29) is 11.7 Å². The molecule has 1 aromatic heterocycles. The van der Waals surface area contributed by atoms with Crippen molar-refractivity contribution in [2.75, 3.05) is 20.1 Å². The summed E-state index contributed by atoms with van der Waals surface area (Å²) in [5, 5.41) is 5.73. The molecule has 1 N–H and O–H groups in total. The minimum atomic E-state index is -0.218. The molecule has 3 fully saturated rings. The number of thiophene rings is 1. The second-order valence-corrected chi connectivity index (χ2v) is 7.39. The van der Waals surface area contributed by atoms with E-state index in [2.05, 4.69) is 39.7 Å². The molecule has 4 nitrogen and oxygen atoms in total. The first-order valence-corrected chi connectivity index (χ1v) is 8.40. The molecule has 1 aliphatic carbocycles. The normalized spacial score (nSPS) is 33.0. The molecule has 2 aliphatic heterocycles. The van der Waals surface area contributed by atoms with Gasteiger partial charge >= 0.3 is 0 Å². The minimum absolute atomic E-state index is 0.0986. The first-order chi connectivity index (χ1) is 9.70. The largest absolute Gasteiger partial charge is 0.316 e. The number of hydrogen-bond donors (Lipinski definition) is 1. The van der Waals surface area contributed by atoms with Gasteiger partial charge in [-0.1, -0.05) is 6.07 Å². The van der Waals surface area contributed by atoms with Crippen LogP contribution in [0.5, 0.6) is 0 Å². The molecule has 1 aromatic rings. The van der Waals surface area contributed by atoms with Gasteiger partial charge in [-0.25, -0.2) is 0 Å². The molecule has 0 bridgehead atoms. The van der Waals surface area contributed by atoms with E-state index in [1.165, 1.54) is 11.3 Å². The molecule has 20 heavy (non-hydrogen) atoms. The van der Waals surface area contributed by atoms with Crippen molar-refractivity contribution in [1.29, 1.82) is 0 Å². The monoisotopic (exact) mass is 291 g/mol. The molecule has 5 heteroatoms. The SMILES string of the molecule is CN1CCCC(N2C(=O)C3(CC3)NC2c2cccs2)C1. The van der Waals surface area contributed by atoms with Crippen LogP contribution >= 0.6 is 11.3 Å². The van der Waals surface area contributed by atoms with Crippen molar-refractivity contribution in [3.05, 3.63) is 22.4 Å². The zero-order valence-electron chi connectivity index (χ0n) is 11.8. The number of carbonyl (C=O) groups is 1. The van der Waals surface area contributed by atoms with E-state index in [4.69, 9.17) is 0 Å². The van der Waals surface area contributed by atoms with Gasteiger partial charge in [-0.15, -0.1) is 11.3 Å². The summed E-state index contributed by atoms with van der Waals surface area (Å²) in [6.07, 6.45) is 4.44.